The van der Waals surface area contributed by atoms with Gasteiger partial charge >= 0.3 is 0 Å². The molecule has 0 atom stereocenters. The second-order valence-corrected chi connectivity index (χ2v) is 5.20. The van der Waals surface area contributed by atoms with Gasteiger partial charge in [0.1, 0.15) is 5.75 Å². The predicted molar refractivity (Wildman–Crippen MR) is 81.0 cm³/mol. The van der Waals surface area contributed by atoms with Gasteiger partial charge in [-0.3, -0.25) is 4.68 Å². The third-order valence-electron chi connectivity index (χ3n) is 3.21. The Morgan fingerprint density at radius 1 is 1.20 bits per heavy atom. The summed E-state index contributed by atoms with van der Waals surface area (Å²) in [6.45, 7) is 6.50. The minimum absolute atomic E-state index is 0.483. The molecule has 108 valence electrons. The van der Waals surface area contributed by atoms with E-state index in [-0.39, 0.29) is 0 Å². The van der Waals surface area contributed by atoms with Crippen LogP contribution >= 0.6 is 0 Å². The van der Waals surface area contributed by atoms with Crippen molar-refractivity contribution >= 4 is 0 Å². The van der Waals surface area contributed by atoms with E-state index in [1.807, 2.05) is 18.3 Å². The Morgan fingerprint density at radius 3 is 2.60 bits per heavy atom. The van der Waals surface area contributed by atoms with E-state index < -0.39 is 0 Å². The number of nitrogens with two attached hydrogens (primary N) is 1. The number of hydrogen-bond donors (Lipinski definition) is 1. The summed E-state index contributed by atoms with van der Waals surface area (Å²) in [6, 6.07) is 10.3. The highest BCUT2D eigenvalue weighted by atomic mass is 16.5. The van der Waals surface area contributed by atoms with Gasteiger partial charge in [-0.2, -0.15) is 5.10 Å². The molecule has 2 N–H and O–H groups in total. The lowest BCUT2D eigenvalue weighted by Crippen LogP contribution is -2.08. The molecule has 4 heteroatoms. The Labute approximate surface area is 120 Å². The van der Waals surface area contributed by atoms with E-state index in [2.05, 4.69) is 41.8 Å². The average molecular weight is 273 g/mol. The van der Waals surface area contributed by atoms with E-state index >= 15 is 0 Å². The molecule has 0 radical (unpaired) electrons. The lowest BCUT2D eigenvalue weighted by atomic mass is 10.1. The molecule has 0 amide bonds. The molecule has 1 aromatic carbocycles. The van der Waals surface area contributed by atoms with Crippen LogP contribution in [0.25, 0.3) is 0 Å². The summed E-state index contributed by atoms with van der Waals surface area (Å²) in [5.41, 5.74) is 7.92. The van der Waals surface area contributed by atoms with Gasteiger partial charge in [-0.15, -0.1) is 0 Å². The van der Waals surface area contributed by atoms with Crippen LogP contribution in [0.1, 0.15) is 37.4 Å². The molecule has 1 heterocycles. The van der Waals surface area contributed by atoms with Gasteiger partial charge in [0.15, 0.2) is 0 Å². The van der Waals surface area contributed by atoms with Gasteiger partial charge in [0.05, 0.1) is 13.2 Å². The van der Waals surface area contributed by atoms with E-state index in [1.54, 1.807) is 0 Å². The third kappa shape index (κ3) is 3.84. The lowest BCUT2D eigenvalue weighted by Gasteiger charge is -2.11. The zero-order chi connectivity index (χ0) is 14.4. The summed E-state index contributed by atoms with van der Waals surface area (Å²) in [4.78, 5) is 0. The fraction of sp³-hybridized carbons (Fsp3) is 0.438. The van der Waals surface area contributed by atoms with Crippen molar-refractivity contribution in [3.63, 3.8) is 0 Å². The van der Waals surface area contributed by atoms with E-state index in [0.29, 0.717) is 19.1 Å². The van der Waals surface area contributed by atoms with Crippen LogP contribution < -0.4 is 10.5 Å². The molecule has 0 aliphatic heterocycles. The molecule has 0 aliphatic carbocycles. The maximum absolute atomic E-state index is 5.60. The largest absolute Gasteiger partial charge is 0.494 e. The first-order chi connectivity index (χ1) is 9.70. The van der Waals surface area contributed by atoms with E-state index in [1.165, 1.54) is 11.3 Å². The highest BCUT2D eigenvalue weighted by Crippen LogP contribution is 2.17. The lowest BCUT2D eigenvalue weighted by molar-refractivity contribution is 0.313. The van der Waals surface area contributed by atoms with Gasteiger partial charge < -0.3 is 10.5 Å². The van der Waals surface area contributed by atoms with Crippen molar-refractivity contribution in [1.82, 2.24) is 9.78 Å². The Kier molecular flexibility index (Phi) is 5.18. The molecular formula is C16H23N3O. The van der Waals surface area contributed by atoms with Gasteiger partial charge in [-0.1, -0.05) is 26.0 Å². The minimum atomic E-state index is 0.483. The Bertz CT molecular complexity index is 517. The molecule has 0 spiro atoms. The van der Waals surface area contributed by atoms with Crippen LogP contribution in [-0.2, 0) is 6.54 Å². The number of rotatable bonds is 7. The van der Waals surface area contributed by atoms with E-state index in [9.17, 15) is 0 Å². The summed E-state index contributed by atoms with van der Waals surface area (Å²) in [7, 11) is 0. The van der Waals surface area contributed by atoms with Crippen LogP contribution in [0.4, 0.5) is 0 Å². The standard InChI is InChI=1S/C16H23N3O/c1-13(2)16-8-10-18-19(16)12-14-4-6-15(7-5-14)20-11-3-9-17/h4-8,10,13H,3,9,11-12,17H2,1-2H3. The SMILES string of the molecule is CC(C)c1ccnn1Cc1ccc(OCCCN)cc1. The summed E-state index contributed by atoms with van der Waals surface area (Å²) in [6.07, 6.45) is 2.74. The van der Waals surface area contributed by atoms with Crippen molar-refractivity contribution in [2.45, 2.75) is 32.7 Å². The topological polar surface area (TPSA) is 53.1 Å². The van der Waals surface area contributed by atoms with Gasteiger partial charge in [-0.05, 0) is 42.6 Å². The quantitative estimate of drug-likeness (QED) is 0.789. The number of aromatic nitrogens is 2. The summed E-state index contributed by atoms with van der Waals surface area (Å²) >= 11 is 0. The smallest absolute Gasteiger partial charge is 0.119 e. The highest BCUT2D eigenvalue weighted by Gasteiger charge is 2.07. The Morgan fingerprint density at radius 2 is 1.95 bits per heavy atom. The maximum Gasteiger partial charge on any atom is 0.119 e. The summed E-state index contributed by atoms with van der Waals surface area (Å²) in [5.74, 6) is 1.38. The monoisotopic (exact) mass is 273 g/mol. The molecule has 4 nitrogen and oxygen atoms in total. The third-order valence-corrected chi connectivity index (χ3v) is 3.21. The second-order valence-electron chi connectivity index (χ2n) is 5.20. The molecule has 0 fully saturated rings. The van der Waals surface area contributed by atoms with Crippen LogP contribution in [0.5, 0.6) is 5.75 Å². The van der Waals surface area contributed by atoms with Gasteiger partial charge in [0.2, 0.25) is 0 Å². The van der Waals surface area contributed by atoms with Crippen LogP contribution in [0.15, 0.2) is 36.5 Å². The van der Waals surface area contributed by atoms with Crippen LogP contribution in [0.3, 0.4) is 0 Å². The van der Waals surface area contributed by atoms with Crippen LogP contribution in [0.2, 0.25) is 0 Å². The number of benzene rings is 1. The predicted octanol–water partition coefficient (Wildman–Crippen LogP) is 2.78. The fourth-order valence-corrected chi connectivity index (χ4v) is 2.10. The highest BCUT2D eigenvalue weighted by molar-refractivity contribution is 5.27. The molecule has 0 aliphatic rings. The molecule has 0 saturated carbocycles. The normalized spacial score (nSPS) is 11.0. The first-order valence-electron chi connectivity index (χ1n) is 7.14. The molecule has 20 heavy (non-hydrogen) atoms. The molecule has 0 saturated heterocycles. The molecule has 2 aromatic rings. The van der Waals surface area contributed by atoms with E-state index in [4.69, 9.17) is 10.5 Å². The van der Waals surface area contributed by atoms with Gasteiger partial charge in [0.25, 0.3) is 0 Å². The molecule has 2 rings (SSSR count). The van der Waals surface area contributed by atoms with Crippen molar-refractivity contribution < 1.29 is 4.74 Å². The van der Waals surface area contributed by atoms with E-state index in [0.717, 1.165) is 18.7 Å². The average Bonchev–Trinajstić information content (AvgIpc) is 2.89. The minimum Gasteiger partial charge on any atom is -0.494 e. The summed E-state index contributed by atoms with van der Waals surface area (Å²) in [5, 5.41) is 4.39. The van der Waals surface area contributed by atoms with Gasteiger partial charge in [0, 0.05) is 11.9 Å². The number of nitrogens with zero attached hydrogens (tertiary/aromatic N) is 2. The number of hydrogen-bond acceptors (Lipinski definition) is 3. The van der Waals surface area contributed by atoms with Crippen molar-refractivity contribution in [2.24, 2.45) is 5.73 Å². The fourth-order valence-electron chi connectivity index (χ4n) is 2.10. The van der Waals surface area contributed by atoms with Crippen molar-refractivity contribution in [1.29, 1.82) is 0 Å². The Balaban J connectivity index is 1.98. The Hall–Kier alpha value is -1.81. The maximum atomic E-state index is 5.60. The van der Waals surface area contributed by atoms with Crippen molar-refractivity contribution in [3.8, 4) is 5.75 Å². The molecular weight excluding hydrogens is 250 g/mol. The summed E-state index contributed by atoms with van der Waals surface area (Å²) < 4.78 is 7.65. The zero-order valence-electron chi connectivity index (χ0n) is 12.2. The van der Waals surface area contributed by atoms with Crippen molar-refractivity contribution in [3.05, 3.63) is 47.8 Å². The van der Waals surface area contributed by atoms with Crippen molar-refractivity contribution in [2.75, 3.05) is 13.2 Å². The van der Waals surface area contributed by atoms with Crippen LogP contribution in [-0.4, -0.2) is 22.9 Å². The number of ether oxygens (including phenoxy) is 1. The first-order valence-corrected chi connectivity index (χ1v) is 7.14. The second kappa shape index (κ2) is 7.10. The first kappa shape index (κ1) is 14.6. The van der Waals surface area contributed by atoms with Gasteiger partial charge in [-0.25, -0.2) is 0 Å². The van der Waals surface area contributed by atoms with Crippen LogP contribution in [0, 0.1) is 0 Å². The molecule has 1 aromatic heterocycles. The molecule has 0 bridgehead atoms. The zero-order valence-corrected chi connectivity index (χ0v) is 12.2. The molecule has 0 unspecified atom stereocenters.